The number of nitrogens with zero attached hydrogens (tertiary/aromatic N) is 2. The maximum absolute atomic E-state index is 11.8. The molecule has 19 heavy (non-hydrogen) atoms. The van der Waals surface area contributed by atoms with Gasteiger partial charge in [0.05, 0.1) is 24.3 Å². The van der Waals surface area contributed by atoms with Crippen LogP contribution < -0.4 is 5.32 Å². The van der Waals surface area contributed by atoms with Gasteiger partial charge in [0.1, 0.15) is 5.60 Å². The minimum atomic E-state index is -0.477. The maximum atomic E-state index is 11.8. The van der Waals surface area contributed by atoms with Crippen LogP contribution in [0.3, 0.4) is 0 Å². The molecule has 1 N–H and O–H groups in total. The number of alkyl carbamates (subject to hydrolysis) is 1. The highest BCUT2D eigenvalue weighted by Crippen LogP contribution is 2.43. The van der Waals surface area contributed by atoms with E-state index in [1.165, 1.54) is 6.42 Å². The first-order valence-electron chi connectivity index (χ1n) is 6.79. The first-order chi connectivity index (χ1) is 8.78. The second-order valence-corrected chi connectivity index (χ2v) is 6.37. The zero-order valence-electron chi connectivity index (χ0n) is 12.3. The van der Waals surface area contributed by atoms with Crippen molar-refractivity contribution in [3.63, 3.8) is 0 Å². The van der Waals surface area contributed by atoms with Crippen LogP contribution >= 0.6 is 0 Å². The van der Waals surface area contributed by atoms with E-state index in [1.807, 2.05) is 40.2 Å². The fourth-order valence-corrected chi connectivity index (χ4v) is 2.18. The monoisotopic (exact) mass is 265 g/mol. The van der Waals surface area contributed by atoms with Gasteiger partial charge in [-0.1, -0.05) is 6.92 Å². The number of ether oxygens (including phenoxy) is 1. The highest BCUT2D eigenvalue weighted by molar-refractivity contribution is 5.68. The van der Waals surface area contributed by atoms with Crippen LogP contribution in [-0.2, 0) is 4.74 Å². The molecule has 0 radical (unpaired) electrons. The number of rotatable bonds is 3. The smallest absolute Gasteiger partial charge is 0.408 e. The Balaban J connectivity index is 1.98. The van der Waals surface area contributed by atoms with Crippen LogP contribution in [-0.4, -0.2) is 21.2 Å². The summed E-state index contributed by atoms with van der Waals surface area (Å²) in [6.45, 7) is 9.74. The second kappa shape index (κ2) is 4.87. The number of imidazole rings is 1. The Morgan fingerprint density at radius 1 is 1.58 bits per heavy atom. The number of carbonyl (C=O) groups excluding carboxylic acids is 1. The fourth-order valence-electron chi connectivity index (χ4n) is 2.18. The molecule has 1 aromatic rings. The molecule has 5 nitrogen and oxygen atoms in total. The molecule has 1 heterocycles. The summed E-state index contributed by atoms with van der Waals surface area (Å²) in [6, 6.07) is 0.422. The van der Waals surface area contributed by atoms with Crippen LogP contribution in [0.15, 0.2) is 12.5 Å². The molecule has 0 spiro atoms. The van der Waals surface area contributed by atoms with E-state index in [1.54, 1.807) is 0 Å². The summed E-state index contributed by atoms with van der Waals surface area (Å²) in [5, 5.41) is 2.85. The Kier molecular flexibility index (Phi) is 3.56. The van der Waals surface area contributed by atoms with Crippen molar-refractivity contribution in [2.75, 3.05) is 0 Å². The Labute approximate surface area is 114 Å². The molecule has 0 saturated heterocycles. The molecule has 0 aliphatic heterocycles. The highest BCUT2D eigenvalue weighted by atomic mass is 16.6. The van der Waals surface area contributed by atoms with Gasteiger partial charge in [0.15, 0.2) is 0 Å². The van der Waals surface area contributed by atoms with Gasteiger partial charge in [-0.05, 0) is 40.0 Å². The lowest BCUT2D eigenvalue weighted by Crippen LogP contribution is -2.34. The zero-order chi connectivity index (χ0) is 14.2. The molecule has 1 aliphatic rings. The number of hydrogen-bond donors (Lipinski definition) is 1. The van der Waals surface area contributed by atoms with Crippen LogP contribution in [0.4, 0.5) is 4.79 Å². The van der Waals surface area contributed by atoms with E-state index in [2.05, 4.69) is 21.8 Å². The third kappa shape index (κ3) is 3.49. The molecule has 1 aromatic heterocycles. The number of carbonyl (C=O) groups is 1. The number of nitrogens with one attached hydrogen (secondary N) is 1. The Bertz CT molecular complexity index is 462. The summed E-state index contributed by atoms with van der Waals surface area (Å²) in [5.74, 6) is 0.696. The maximum Gasteiger partial charge on any atom is 0.408 e. The Morgan fingerprint density at radius 3 is 2.74 bits per heavy atom. The van der Waals surface area contributed by atoms with E-state index < -0.39 is 11.7 Å². The molecule has 1 saturated carbocycles. The molecule has 0 aromatic carbocycles. The summed E-state index contributed by atoms with van der Waals surface area (Å²) >= 11 is 0. The first kappa shape index (κ1) is 13.9. The third-order valence-electron chi connectivity index (χ3n) is 3.30. The number of hydrogen-bond acceptors (Lipinski definition) is 3. The first-order valence-corrected chi connectivity index (χ1v) is 6.79. The number of amides is 1. The van der Waals surface area contributed by atoms with Gasteiger partial charge in [-0.2, -0.15) is 0 Å². The topological polar surface area (TPSA) is 56.1 Å². The molecule has 5 heteroatoms. The van der Waals surface area contributed by atoms with Crippen LogP contribution in [0.25, 0.3) is 0 Å². The van der Waals surface area contributed by atoms with Crippen molar-refractivity contribution in [3.05, 3.63) is 18.2 Å². The van der Waals surface area contributed by atoms with Crippen molar-refractivity contribution >= 4 is 6.09 Å². The van der Waals surface area contributed by atoms with Gasteiger partial charge < -0.3 is 14.6 Å². The standard InChI is InChI=1S/C14H23N3O2/c1-9-6-11(9)17-8-15-7-12(17)10(2)16-13(18)19-14(3,4)5/h7-11H,6H2,1-5H3,(H,16,18). The minimum Gasteiger partial charge on any atom is -0.444 e. The lowest BCUT2D eigenvalue weighted by molar-refractivity contribution is 0.0506. The predicted molar refractivity (Wildman–Crippen MR) is 72.8 cm³/mol. The molecule has 106 valence electrons. The quantitative estimate of drug-likeness (QED) is 0.913. The van der Waals surface area contributed by atoms with Crippen molar-refractivity contribution in [2.24, 2.45) is 5.92 Å². The van der Waals surface area contributed by atoms with Crippen LogP contribution in [0.5, 0.6) is 0 Å². The summed E-state index contributed by atoms with van der Waals surface area (Å²) in [6.07, 6.45) is 4.45. The van der Waals surface area contributed by atoms with Gasteiger partial charge in [-0.25, -0.2) is 9.78 Å². The average molecular weight is 265 g/mol. The van der Waals surface area contributed by atoms with E-state index in [4.69, 9.17) is 4.74 Å². The normalized spacial score (nSPS) is 23.8. The van der Waals surface area contributed by atoms with E-state index in [0.717, 1.165) is 5.69 Å². The summed E-state index contributed by atoms with van der Waals surface area (Å²) in [5.41, 5.74) is 0.551. The molecule has 1 aliphatic carbocycles. The largest absolute Gasteiger partial charge is 0.444 e. The minimum absolute atomic E-state index is 0.106. The van der Waals surface area contributed by atoms with E-state index in [0.29, 0.717) is 12.0 Å². The van der Waals surface area contributed by atoms with Crippen LogP contribution in [0.1, 0.15) is 58.8 Å². The molecule has 1 amide bonds. The number of aromatic nitrogens is 2. The molecule has 3 unspecified atom stereocenters. The van der Waals surface area contributed by atoms with Gasteiger partial charge >= 0.3 is 6.09 Å². The molecule has 0 bridgehead atoms. The summed E-state index contributed by atoms with van der Waals surface area (Å²) in [4.78, 5) is 16.0. The molecule has 3 atom stereocenters. The third-order valence-corrected chi connectivity index (χ3v) is 3.30. The lowest BCUT2D eigenvalue weighted by Gasteiger charge is -2.22. The van der Waals surface area contributed by atoms with E-state index >= 15 is 0 Å². The highest BCUT2D eigenvalue weighted by Gasteiger charge is 2.36. The van der Waals surface area contributed by atoms with Crippen LogP contribution in [0, 0.1) is 5.92 Å². The van der Waals surface area contributed by atoms with Gasteiger partial charge in [0.2, 0.25) is 0 Å². The van der Waals surface area contributed by atoms with Crippen molar-refractivity contribution in [2.45, 2.75) is 58.7 Å². The Hall–Kier alpha value is -1.52. The molecular weight excluding hydrogens is 242 g/mol. The van der Waals surface area contributed by atoms with Gasteiger partial charge in [0, 0.05) is 6.04 Å². The average Bonchev–Trinajstić information content (AvgIpc) is 2.78. The van der Waals surface area contributed by atoms with Crippen LogP contribution in [0.2, 0.25) is 0 Å². The fraction of sp³-hybridized carbons (Fsp3) is 0.714. The van der Waals surface area contributed by atoms with Gasteiger partial charge in [-0.15, -0.1) is 0 Å². The second-order valence-electron chi connectivity index (χ2n) is 6.37. The molecule has 2 rings (SSSR count). The zero-order valence-corrected chi connectivity index (χ0v) is 12.3. The van der Waals surface area contributed by atoms with Crippen molar-refractivity contribution in [3.8, 4) is 0 Å². The molecular formula is C14H23N3O2. The van der Waals surface area contributed by atoms with E-state index in [-0.39, 0.29) is 6.04 Å². The van der Waals surface area contributed by atoms with Gasteiger partial charge in [-0.3, -0.25) is 0 Å². The SMILES string of the molecule is CC(NC(=O)OC(C)(C)C)c1cncn1C1CC1C. The Morgan fingerprint density at radius 2 is 2.21 bits per heavy atom. The van der Waals surface area contributed by atoms with E-state index in [9.17, 15) is 4.79 Å². The molecule has 1 fully saturated rings. The van der Waals surface area contributed by atoms with Crippen molar-refractivity contribution in [1.29, 1.82) is 0 Å². The van der Waals surface area contributed by atoms with Crippen molar-refractivity contribution in [1.82, 2.24) is 14.9 Å². The lowest BCUT2D eigenvalue weighted by atomic mass is 10.2. The summed E-state index contributed by atoms with van der Waals surface area (Å²) in [7, 11) is 0. The van der Waals surface area contributed by atoms with Gasteiger partial charge in [0.25, 0.3) is 0 Å². The summed E-state index contributed by atoms with van der Waals surface area (Å²) < 4.78 is 7.42. The van der Waals surface area contributed by atoms with Crippen molar-refractivity contribution < 1.29 is 9.53 Å². The predicted octanol–water partition coefficient (Wildman–Crippen LogP) is 3.05.